The van der Waals surface area contributed by atoms with Crippen LogP contribution in [0.4, 0.5) is 5.82 Å². The number of carbonyl (C=O) groups is 1. The van der Waals surface area contributed by atoms with E-state index in [1.54, 1.807) is 6.92 Å². The second-order valence-corrected chi connectivity index (χ2v) is 5.02. The van der Waals surface area contributed by atoms with Gasteiger partial charge in [0.1, 0.15) is 5.78 Å². The summed E-state index contributed by atoms with van der Waals surface area (Å²) in [6.45, 7) is 4.31. The van der Waals surface area contributed by atoms with Crippen LogP contribution in [0.5, 0.6) is 0 Å². The molecule has 0 fully saturated rings. The van der Waals surface area contributed by atoms with Gasteiger partial charge in [-0.15, -0.1) is 10.2 Å². The van der Waals surface area contributed by atoms with E-state index in [1.807, 2.05) is 36.2 Å². The molecule has 1 heterocycles. The molecule has 20 heavy (non-hydrogen) atoms. The monoisotopic (exact) mass is 269 g/mol. The molecule has 0 atom stereocenters. The van der Waals surface area contributed by atoms with Crippen LogP contribution in [0.25, 0.3) is 11.3 Å². The Hall–Kier alpha value is -2.23. The van der Waals surface area contributed by atoms with Gasteiger partial charge in [0.05, 0.1) is 5.69 Å². The summed E-state index contributed by atoms with van der Waals surface area (Å²) in [6, 6.07) is 12.1. The first kappa shape index (κ1) is 14.2. The molecule has 2 rings (SSSR count). The average Bonchev–Trinajstić information content (AvgIpc) is 2.45. The second-order valence-electron chi connectivity index (χ2n) is 5.02. The standard InChI is InChI=1S/C16H19N3O/c1-12-5-4-6-14(11-12)15-7-8-16(18-17-15)19(3)10-9-13(2)20/h4-8,11H,9-10H2,1-3H3. The zero-order chi connectivity index (χ0) is 14.5. The van der Waals surface area contributed by atoms with Crippen LogP contribution < -0.4 is 4.90 Å². The van der Waals surface area contributed by atoms with E-state index in [4.69, 9.17) is 0 Å². The van der Waals surface area contributed by atoms with Crippen LogP contribution in [-0.2, 0) is 4.79 Å². The molecule has 0 saturated carbocycles. The smallest absolute Gasteiger partial charge is 0.151 e. The molecule has 1 aromatic carbocycles. The number of carbonyl (C=O) groups excluding carboxylic acids is 1. The predicted octanol–water partition coefficient (Wildman–Crippen LogP) is 2.87. The highest BCUT2D eigenvalue weighted by Gasteiger charge is 2.06. The van der Waals surface area contributed by atoms with Crippen molar-refractivity contribution in [1.29, 1.82) is 0 Å². The fraction of sp³-hybridized carbons (Fsp3) is 0.312. The third-order valence-corrected chi connectivity index (χ3v) is 3.15. The number of rotatable bonds is 5. The van der Waals surface area contributed by atoms with E-state index in [0.29, 0.717) is 13.0 Å². The molecule has 0 spiro atoms. The third kappa shape index (κ3) is 3.63. The van der Waals surface area contributed by atoms with Gasteiger partial charge >= 0.3 is 0 Å². The zero-order valence-corrected chi connectivity index (χ0v) is 12.1. The van der Waals surface area contributed by atoms with Crippen LogP contribution in [0, 0.1) is 6.92 Å². The van der Waals surface area contributed by atoms with Gasteiger partial charge in [0.15, 0.2) is 5.82 Å². The third-order valence-electron chi connectivity index (χ3n) is 3.15. The molecular formula is C16H19N3O. The fourth-order valence-corrected chi connectivity index (χ4v) is 1.93. The quantitative estimate of drug-likeness (QED) is 0.837. The summed E-state index contributed by atoms with van der Waals surface area (Å²) in [6.07, 6.45) is 0.526. The molecule has 4 heteroatoms. The highest BCUT2D eigenvalue weighted by molar-refractivity contribution is 5.76. The fourth-order valence-electron chi connectivity index (χ4n) is 1.93. The van der Waals surface area contributed by atoms with E-state index in [-0.39, 0.29) is 5.78 Å². The number of ketones is 1. The van der Waals surface area contributed by atoms with Crippen molar-refractivity contribution < 1.29 is 4.79 Å². The normalized spacial score (nSPS) is 10.3. The Labute approximate surface area is 119 Å². The van der Waals surface area contributed by atoms with E-state index in [2.05, 4.69) is 29.3 Å². The van der Waals surface area contributed by atoms with E-state index in [1.165, 1.54) is 5.56 Å². The van der Waals surface area contributed by atoms with Crippen LogP contribution in [0.3, 0.4) is 0 Å². The maximum atomic E-state index is 11.0. The molecule has 0 saturated heterocycles. The molecule has 0 radical (unpaired) electrons. The Kier molecular flexibility index (Phi) is 4.45. The SMILES string of the molecule is CC(=O)CCN(C)c1ccc(-c2cccc(C)c2)nn1. The summed E-state index contributed by atoms with van der Waals surface area (Å²) in [4.78, 5) is 12.9. The minimum atomic E-state index is 0.182. The molecule has 1 aromatic heterocycles. The van der Waals surface area contributed by atoms with Crippen LogP contribution in [0.15, 0.2) is 36.4 Å². The Balaban J connectivity index is 2.12. The Bertz CT molecular complexity index is 593. The van der Waals surface area contributed by atoms with Gasteiger partial charge in [-0.2, -0.15) is 0 Å². The molecule has 0 bridgehead atoms. The van der Waals surface area contributed by atoms with Crippen LogP contribution >= 0.6 is 0 Å². The van der Waals surface area contributed by atoms with E-state index in [9.17, 15) is 4.79 Å². The van der Waals surface area contributed by atoms with Crippen molar-refractivity contribution in [2.75, 3.05) is 18.5 Å². The lowest BCUT2D eigenvalue weighted by Gasteiger charge is -2.16. The van der Waals surface area contributed by atoms with Crippen LogP contribution in [0.2, 0.25) is 0 Å². The molecule has 0 unspecified atom stereocenters. The number of nitrogens with zero attached hydrogens (tertiary/aromatic N) is 3. The summed E-state index contributed by atoms with van der Waals surface area (Å²) in [5.41, 5.74) is 3.12. The lowest BCUT2D eigenvalue weighted by Crippen LogP contribution is -2.21. The first-order valence-electron chi connectivity index (χ1n) is 6.67. The van der Waals surface area contributed by atoms with Crippen molar-refractivity contribution in [1.82, 2.24) is 10.2 Å². The van der Waals surface area contributed by atoms with Gasteiger partial charge in [-0.3, -0.25) is 4.79 Å². The van der Waals surface area contributed by atoms with E-state index in [0.717, 1.165) is 17.1 Å². The van der Waals surface area contributed by atoms with Gasteiger partial charge in [0, 0.05) is 25.6 Å². The number of hydrogen-bond acceptors (Lipinski definition) is 4. The summed E-state index contributed by atoms with van der Waals surface area (Å²) >= 11 is 0. The molecule has 2 aromatic rings. The molecule has 0 aliphatic heterocycles. The molecule has 4 nitrogen and oxygen atoms in total. The largest absolute Gasteiger partial charge is 0.358 e. The molecule has 104 valence electrons. The molecule has 0 N–H and O–H groups in total. The number of Topliss-reactive ketones (excluding diaryl/α,β-unsaturated/α-hetero) is 1. The predicted molar refractivity (Wildman–Crippen MR) is 80.8 cm³/mol. The minimum Gasteiger partial charge on any atom is -0.358 e. The Morgan fingerprint density at radius 1 is 1.20 bits per heavy atom. The highest BCUT2D eigenvalue weighted by atomic mass is 16.1. The van der Waals surface area contributed by atoms with Crippen molar-refractivity contribution in [2.45, 2.75) is 20.3 Å². The van der Waals surface area contributed by atoms with Crippen molar-refractivity contribution in [2.24, 2.45) is 0 Å². The van der Waals surface area contributed by atoms with Gasteiger partial charge in [0.2, 0.25) is 0 Å². The molecule has 0 aliphatic rings. The summed E-state index contributed by atoms with van der Waals surface area (Å²) in [5.74, 6) is 0.962. The van der Waals surface area contributed by atoms with E-state index < -0.39 is 0 Å². The zero-order valence-electron chi connectivity index (χ0n) is 12.1. The number of anilines is 1. The molecule has 0 amide bonds. The van der Waals surface area contributed by atoms with Gasteiger partial charge in [-0.05, 0) is 32.0 Å². The summed E-state index contributed by atoms with van der Waals surface area (Å²) in [5, 5.41) is 8.49. The van der Waals surface area contributed by atoms with Gasteiger partial charge in [-0.1, -0.05) is 23.8 Å². The maximum absolute atomic E-state index is 11.0. The van der Waals surface area contributed by atoms with Crippen molar-refractivity contribution in [3.8, 4) is 11.3 Å². The van der Waals surface area contributed by atoms with Crippen molar-refractivity contribution >= 4 is 11.6 Å². The van der Waals surface area contributed by atoms with Crippen LogP contribution in [0.1, 0.15) is 18.9 Å². The lowest BCUT2D eigenvalue weighted by molar-refractivity contribution is -0.116. The summed E-state index contributed by atoms with van der Waals surface area (Å²) in [7, 11) is 1.92. The minimum absolute atomic E-state index is 0.182. The van der Waals surface area contributed by atoms with Crippen LogP contribution in [-0.4, -0.2) is 29.6 Å². The Morgan fingerprint density at radius 2 is 2.00 bits per heavy atom. The van der Waals surface area contributed by atoms with Crippen molar-refractivity contribution in [3.63, 3.8) is 0 Å². The van der Waals surface area contributed by atoms with Crippen molar-refractivity contribution in [3.05, 3.63) is 42.0 Å². The first-order valence-corrected chi connectivity index (χ1v) is 6.67. The molecule has 0 aliphatic carbocycles. The van der Waals surface area contributed by atoms with E-state index >= 15 is 0 Å². The lowest BCUT2D eigenvalue weighted by atomic mass is 10.1. The Morgan fingerprint density at radius 3 is 2.60 bits per heavy atom. The number of aromatic nitrogens is 2. The molecular weight excluding hydrogens is 250 g/mol. The number of hydrogen-bond donors (Lipinski definition) is 0. The van der Waals surface area contributed by atoms with Gasteiger partial charge < -0.3 is 4.90 Å². The second kappa shape index (κ2) is 6.28. The van der Waals surface area contributed by atoms with Gasteiger partial charge in [0.25, 0.3) is 0 Å². The highest BCUT2D eigenvalue weighted by Crippen LogP contribution is 2.19. The first-order chi connectivity index (χ1) is 9.56. The van der Waals surface area contributed by atoms with Gasteiger partial charge in [-0.25, -0.2) is 0 Å². The summed E-state index contributed by atoms with van der Waals surface area (Å²) < 4.78 is 0. The number of benzene rings is 1. The number of aryl methyl sites for hydroxylation is 1. The maximum Gasteiger partial charge on any atom is 0.151 e. The topological polar surface area (TPSA) is 46.1 Å². The average molecular weight is 269 g/mol.